The predicted molar refractivity (Wildman–Crippen MR) is 69.1 cm³/mol. The number of rotatable bonds is 4. The lowest BCUT2D eigenvalue weighted by Gasteiger charge is -2.09. The number of halogens is 1. The molecule has 2 aromatic rings. The number of hydrogen-bond acceptors (Lipinski definition) is 5. The Labute approximate surface area is 117 Å². The van der Waals surface area contributed by atoms with Crippen molar-refractivity contribution in [2.24, 2.45) is 0 Å². The molecule has 108 valence electrons. The molecule has 0 aliphatic rings. The molecule has 7 nitrogen and oxygen atoms in total. The largest absolute Gasteiger partial charge is 0.477 e. The highest BCUT2D eigenvalue weighted by Gasteiger charge is 2.20. The minimum absolute atomic E-state index is 0.209. The number of nitro groups is 1. The third-order valence-corrected chi connectivity index (χ3v) is 2.64. The van der Waals surface area contributed by atoms with Gasteiger partial charge in [-0.05, 0) is 18.6 Å². The predicted octanol–water partition coefficient (Wildman–Crippen LogP) is 2.93. The van der Waals surface area contributed by atoms with Gasteiger partial charge in [0.15, 0.2) is 11.6 Å². The standard InChI is InChI=1S/C13H9FN2O5/c1-7-3-2-4-10(11(7)14)21-12-9(13(17)18)5-8(6-15-12)16(19)20/h2-6H,1H3,(H,17,18). The topological polar surface area (TPSA) is 103 Å². The third kappa shape index (κ3) is 2.94. The highest BCUT2D eigenvalue weighted by Crippen LogP contribution is 2.29. The van der Waals surface area contributed by atoms with Crippen LogP contribution in [0, 0.1) is 22.9 Å². The summed E-state index contributed by atoms with van der Waals surface area (Å²) in [5.41, 5.74) is -0.708. The number of ether oxygens (including phenoxy) is 1. The van der Waals surface area contributed by atoms with E-state index < -0.39 is 33.8 Å². The second-order valence-electron chi connectivity index (χ2n) is 4.10. The summed E-state index contributed by atoms with van der Waals surface area (Å²) in [6, 6.07) is 5.15. The van der Waals surface area contributed by atoms with E-state index in [4.69, 9.17) is 9.84 Å². The lowest BCUT2D eigenvalue weighted by Crippen LogP contribution is -2.04. The van der Waals surface area contributed by atoms with Gasteiger partial charge in [-0.15, -0.1) is 0 Å². The van der Waals surface area contributed by atoms with E-state index in [1.165, 1.54) is 25.1 Å². The smallest absolute Gasteiger partial charge is 0.341 e. The number of carboxylic acids is 1. The zero-order valence-corrected chi connectivity index (χ0v) is 10.7. The van der Waals surface area contributed by atoms with Gasteiger partial charge in [-0.1, -0.05) is 12.1 Å². The maximum Gasteiger partial charge on any atom is 0.341 e. The van der Waals surface area contributed by atoms with Crippen LogP contribution in [0.2, 0.25) is 0 Å². The van der Waals surface area contributed by atoms with Gasteiger partial charge in [-0.2, -0.15) is 0 Å². The lowest BCUT2D eigenvalue weighted by molar-refractivity contribution is -0.385. The first-order valence-electron chi connectivity index (χ1n) is 5.71. The average molecular weight is 292 g/mol. The van der Waals surface area contributed by atoms with E-state index in [1.807, 2.05) is 0 Å². The lowest BCUT2D eigenvalue weighted by atomic mass is 10.2. The molecule has 0 radical (unpaired) electrons. The van der Waals surface area contributed by atoms with Gasteiger partial charge in [-0.25, -0.2) is 14.2 Å². The van der Waals surface area contributed by atoms with E-state index in [0.29, 0.717) is 5.56 Å². The number of pyridine rings is 1. The second-order valence-corrected chi connectivity index (χ2v) is 4.10. The molecule has 1 heterocycles. The van der Waals surface area contributed by atoms with Crippen LogP contribution >= 0.6 is 0 Å². The number of carboxylic acid groups (broad SMARTS) is 1. The van der Waals surface area contributed by atoms with Gasteiger partial charge in [0.05, 0.1) is 4.92 Å². The number of nitrogens with zero attached hydrogens (tertiary/aromatic N) is 2. The van der Waals surface area contributed by atoms with Crippen LogP contribution in [0.15, 0.2) is 30.5 Å². The fraction of sp³-hybridized carbons (Fsp3) is 0.0769. The van der Waals surface area contributed by atoms with Gasteiger partial charge < -0.3 is 9.84 Å². The fourth-order valence-electron chi connectivity index (χ4n) is 1.58. The maximum atomic E-state index is 13.8. The Morgan fingerprint density at radius 1 is 1.48 bits per heavy atom. The fourth-order valence-corrected chi connectivity index (χ4v) is 1.58. The molecule has 0 unspecified atom stereocenters. The minimum Gasteiger partial charge on any atom is -0.477 e. The number of aromatic carboxylic acids is 1. The normalized spacial score (nSPS) is 10.2. The summed E-state index contributed by atoms with van der Waals surface area (Å²) in [6.07, 6.45) is 0.843. The van der Waals surface area contributed by atoms with Crippen molar-refractivity contribution in [1.82, 2.24) is 4.98 Å². The van der Waals surface area contributed by atoms with Gasteiger partial charge in [0.25, 0.3) is 5.69 Å². The van der Waals surface area contributed by atoms with Crippen LogP contribution in [0.4, 0.5) is 10.1 Å². The van der Waals surface area contributed by atoms with Crippen molar-refractivity contribution < 1.29 is 24.0 Å². The molecule has 0 aliphatic heterocycles. The molecule has 0 saturated heterocycles. The molecule has 0 saturated carbocycles. The highest BCUT2D eigenvalue weighted by molar-refractivity contribution is 5.91. The monoisotopic (exact) mass is 292 g/mol. The first kappa shape index (κ1) is 14.4. The van der Waals surface area contributed by atoms with E-state index in [9.17, 15) is 19.3 Å². The molecule has 8 heteroatoms. The van der Waals surface area contributed by atoms with Gasteiger partial charge in [0.1, 0.15) is 11.8 Å². The molecule has 0 fully saturated rings. The van der Waals surface area contributed by atoms with E-state index in [-0.39, 0.29) is 5.75 Å². The van der Waals surface area contributed by atoms with Crippen LogP contribution in [0.5, 0.6) is 11.6 Å². The maximum absolute atomic E-state index is 13.8. The number of aryl methyl sites for hydroxylation is 1. The molecule has 0 spiro atoms. The number of carbonyl (C=O) groups is 1. The highest BCUT2D eigenvalue weighted by atomic mass is 19.1. The zero-order valence-electron chi connectivity index (χ0n) is 10.7. The first-order valence-corrected chi connectivity index (χ1v) is 5.71. The Balaban J connectivity index is 2.46. The Kier molecular flexibility index (Phi) is 3.79. The molecule has 0 amide bonds. The third-order valence-electron chi connectivity index (χ3n) is 2.64. The van der Waals surface area contributed by atoms with Crippen LogP contribution in [0.1, 0.15) is 15.9 Å². The molecule has 0 atom stereocenters. The summed E-state index contributed by atoms with van der Waals surface area (Å²) in [4.78, 5) is 24.5. The van der Waals surface area contributed by atoms with Crippen LogP contribution < -0.4 is 4.74 Å². The summed E-state index contributed by atoms with van der Waals surface area (Å²) >= 11 is 0. The summed E-state index contributed by atoms with van der Waals surface area (Å²) in [5.74, 6) is -2.75. The Morgan fingerprint density at radius 3 is 2.81 bits per heavy atom. The number of aromatic nitrogens is 1. The molecular weight excluding hydrogens is 283 g/mol. The summed E-state index contributed by atoms with van der Waals surface area (Å²) in [6.45, 7) is 1.52. The van der Waals surface area contributed by atoms with Gasteiger partial charge in [0, 0.05) is 6.07 Å². The molecule has 1 aromatic carbocycles. The average Bonchev–Trinajstić information content (AvgIpc) is 2.43. The van der Waals surface area contributed by atoms with Crippen LogP contribution in [-0.4, -0.2) is 21.0 Å². The van der Waals surface area contributed by atoms with Crippen molar-refractivity contribution in [3.8, 4) is 11.6 Å². The van der Waals surface area contributed by atoms with Crippen molar-refractivity contribution in [1.29, 1.82) is 0 Å². The van der Waals surface area contributed by atoms with Crippen molar-refractivity contribution in [2.45, 2.75) is 6.92 Å². The van der Waals surface area contributed by atoms with Crippen molar-refractivity contribution >= 4 is 11.7 Å². The second kappa shape index (κ2) is 5.53. The van der Waals surface area contributed by atoms with Crippen LogP contribution in [0.3, 0.4) is 0 Å². The molecule has 0 bridgehead atoms. The van der Waals surface area contributed by atoms with Gasteiger partial charge in [-0.3, -0.25) is 10.1 Å². The van der Waals surface area contributed by atoms with E-state index >= 15 is 0 Å². The van der Waals surface area contributed by atoms with Gasteiger partial charge >= 0.3 is 5.97 Å². The summed E-state index contributed by atoms with van der Waals surface area (Å²) < 4.78 is 18.9. The van der Waals surface area contributed by atoms with Crippen LogP contribution in [0.25, 0.3) is 0 Å². The molecule has 1 N–H and O–H groups in total. The Bertz CT molecular complexity index is 732. The molecular formula is C13H9FN2O5. The molecule has 2 rings (SSSR count). The summed E-state index contributed by atoms with van der Waals surface area (Å²) in [7, 11) is 0. The van der Waals surface area contributed by atoms with E-state index in [1.54, 1.807) is 0 Å². The van der Waals surface area contributed by atoms with E-state index in [0.717, 1.165) is 12.3 Å². The van der Waals surface area contributed by atoms with Crippen molar-refractivity contribution in [3.05, 3.63) is 57.5 Å². The van der Waals surface area contributed by atoms with Crippen LogP contribution in [-0.2, 0) is 0 Å². The SMILES string of the molecule is Cc1cccc(Oc2ncc([N+](=O)[O-])cc2C(=O)O)c1F. The Hall–Kier alpha value is -3.03. The van der Waals surface area contributed by atoms with Gasteiger partial charge in [0.2, 0.25) is 5.88 Å². The quantitative estimate of drug-likeness (QED) is 0.686. The number of benzene rings is 1. The molecule has 21 heavy (non-hydrogen) atoms. The molecule has 0 aliphatic carbocycles. The first-order chi connectivity index (χ1) is 9.90. The zero-order chi connectivity index (χ0) is 15.6. The Morgan fingerprint density at radius 2 is 2.19 bits per heavy atom. The van der Waals surface area contributed by atoms with Crippen molar-refractivity contribution in [2.75, 3.05) is 0 Å². The summed E-state index contributed by atoms with van der Waals surface area (Å²) in [5, 5.41) is 19.7. The number of hydrogen-bond donors (Lipinski definition) is 1. The van der Waals surface area contributed by atoms with Crippen molar-refractivity contribution in [3.63, 3.8) is 0 Å². The molecule has 1 aromatic heterocycles. The van der Waals surface area contributed by atoms with E-state index in [2.05, 4.69) is 4.98 Å². The minimum atomic E-state index is -1.46.